The first kappa shape index (κ1) is 18.9. The van der Waals surface area contributed by atoms with Gasteiger partial charge in [-0.2, -0.15) is 4.98 Å². The van der Waals surface area contributed by atoms with Crippen LogP contribution < -0.4 is 0 Å². The Hall–Kier alpha value is -3.10. The fourth-order valence-corrected chi connectivity index (χ4v) is 3.84. The molecule has 1 saturated heterocycles. The molecule has 2 aromatic heterocycles. The molecule has 0 aliphatic carbocycles. The van der Waals surface area contributed by atoms with E-state index in [1.54, 1.807) is 0 Å². The zero-order chi connectivity index (χ0) is 20.5. The number of aromatic nitrogens is 5. The fraction of sp³-hybridized carbons (Fsp3) is 0.364. The van der Waals surface area contributed by atoms with Crippen molar-refractivity contribution in [2.75, 3.05) is 32.8 Å². The van der Waals surface area contributed by atoms with Crippen molar-refractivity contribution in [1.82, 2.24) is 30.0 Å². The third-order valence-corrected chi connectivity index (χ3v) is 5.54. The second-order valence-electron chi connectivity index (χ2n) is 7.71. The molecule has 0 saturated carbocycles. The van der Waals surface area contributed by atoms with E-state index < -0.39 is 0 Å². The maximum Gasteiger partial charge on any atom is 0.258 e. The van der Waals surface area contributed by atoms with Crippen molar-refractivity contribution in [2.24, 2.45) is 0 Å². The normalized spacial score (nSPS) is 15.1. The van der Waals surface area contributed by atoms with Crippen molar-refractivity contribution in [3.8, 4) is 22.8 Å². The van der Waals surface area contributed by atoms with Crippen LogP contribution in [0.25, 0.3) is 33.9 Å². The van der Waals surface area contributed by atoms with Crippen molar-refractivity contribution < 1.29 is 9.26 Å². The molecule has 30 heavy (non-hydrogen) atoms. The number of benzene rings is 2. The van der Waals surface area contributed by atoms with E-state index in [0.29, 0.717) is 11.7 Å². The van der Waals surface area contributed by atoms with Crippen LogP contribution in [0, 0.1) is 13.8 Å². The number of morpholine rings is 1. The van der Waals surface area contributed by atoms with Gasteiger partial charge >= 0.3 is 0 Å². The van der Waals surface area contributed by atoms with Gasteiger partial charge in [0, 0.05) is 30.8 Å². The number of fused-ring (bicyclic) bond motifs is 1. The summed E-state index contributed by atoms with van der Waals surface area (Å²) in [5, 5.41) is 12.9. The Balaban J connectivity index is 1.36. The summed E-state index contributed by atoms with van der Waals surface area (Å²) in [6.07, 6.45) is 0. The predicted octanol–water partition coefficient (Wildman–Crippen LogP) is 3.10. The van der Waals surface area contributed by atoms with E-state index in [0.717, 1.165) is 67.1 Å². The first-order valence-electron chi connectivity index (χ1n) is 10.2. The highest BCUT2D eigenvalue weighted by Gasteiger charge is 2.15. The van der Waals surface area contributed by atoms with Crippen molar-refractivity contribution in [3.63, 3.8) is 0 Å². The van der Waals surface area contributed by atoms with Crippen LogP contribution in [-0.2, 0) is 11.3 Å². The van der Waals surface area contributed by atoms with Gasteiger partial charge in [-0.1, -0.05) is 28.1 Å². The van der Waals surface area contributed by atoms with Crippen LogP contribution in [0.3, 0.4) is 0 Å². The second-order valence-corrected chi connectivity index (χ2v) is 7.71. The van der Waals surface area contributed by atoms with Crippen LogP contribution in [0.4, 0.5) is 0 Å². The number of hydrogen-bond acceptors (Lipinski definition) is 7. The minimum atomic E-state index is 0.525. The van der Waals surface area contributed by atoms with Gasteiger partial charge in [-0.3, -0.25) is 4.90 Å². The molecule has 0 spiro atoms. The van der Waals surface area contributed by atoms with E-state index in [1.807, 2.05) is 41.9 Å². The summed E-state index contributed by atoms with van der Waals surface area (Å²) in [6, 6.07) is 12.2. The molecule has 0 amide bonds. The maximum atomic E-state index is 5.53. The third kappa shape index (κ3) is 3.71. The average Bonchev–Trinajstić information content (AvgIpc) is 3.40. The molecular weight excluding hydrogens is 380 g/mol. The van der Waals surface area contributed by atoms with Crippen molar-refractivity contribution in [3.05, 3.63) is 47.5 Å². The molecule has 2 aromatic carbocycles. The smallest absolute Gasteiger partial charge is 0.258 e. The molecule has 0 atom stereocenters. The summed E-state index contributed by atoms with van der Waals surface area (Å²) in [5.74, 6) is 1.08. The van der Waals surface area contributed by atoms with Gasteiger partial charge in [0.2, 0.25) is 5.82 Å². The molecule has 0 N–H and O–H groups in total. The summed E-state index contributed by atoms with van der Waals surface area (Å²) in [6.45, 7) is 9.40. The lowest BCUT2D eigenvalue weighted by Crippen LogP contribution is -2.38. The lowest BCUT2D eigenvalue weighted by atomic mass is 10.1. The molecule has 0 unspecified atom stereocenters. The lowest BCUT2D eigenvalue weighted by molar-refractivity contribution is 0.0360. The number of nitrogens with zero attached hydrogens (tertiary/aromatic N) is 6. The summed E-state index contributed by atoms with van der Waals surface area (Å²) < 4.78 is 12.9. The molecule has 0 bridgehead atoms. The standard InChI is InChI=1S/C22H24N6O2/c1-15-3-5-18(16(2)13-15)22-23-21(25-30-22)17-4-6-20-19(14-17)24-26-28(20)8-7-27-9-11-29-12-10-27/h3-6,13-14H,7-12H2,1-2H3. The first-order valence-corrected chi connectivity index (χ1v) is 10.2. The molecule has 4 aromatic rings. The highest BCUT2D eigenvalue weighted by atomic mass is 16.5. The summed E-state index contributed by atoms with van der Waals surface area (Å²) in [4.78, 5) is 6.99. The van der Waals surface area contributed by atoms with Crippen molar-refractivity contribution >= 4 is 11.0 Å². The summed E-state index contributed by atoms with van der Waals surface area (Å²) >= 11 is 0. The first-order chi connectivity index (χ1) is 14.7. The molecule has 1 fully saturated rings. The van der Waals surface area contributed by atoms with Gasteiger partial charge < -0.3 is 9.26 Å². The number of aryl methyl sites for hydroxylation is 2. The lowest BCUT2D eigenvalue weighted by Gasteiger charge is -2.26. The van der Waals surface area contributed by atoms with Crippen LogP contribution in [0.15, 0.2) is 40.9 Å². The van der Waals surface area contributed by atoms with E-state index in [1.165, 1.54) is 5.56 Å². The van der Waals surface area contributed by atoms with Crippen LogP contribution in [0.1, 0.15) is 11.1 Å². The molecule has 8 nitrogen and oxygen atoms in total. The topological polar surface area (TPSA) is 82.1 Å². The van der Waals surface area contributed by atoms with Gasteiger partial charge in [0.15, 0.2) is 0 Å². The van der Waals surface area contributed by atoms with Crippen molar-refractivity contribution in [1.29, 1.82) is 0 Å². The molecule has 0 radical (unpaired) electrons. The van der Waals surface area contributed by atoms with Crippen LogP contribution in [0.5, 0.6) is 0 Å². The molecule has 1 aliphatic heterocycles. The molecule has 1 aliphatic rings. The SMILES string of the molecule is Cc1ccc(-c2nc(-c3ccc4c(c3)nnn4CCN3CCOCC3)no2)c(C)c1. The zero-order valence-corrected chi connectivity index (χ0v) is 17.2. The van der Waals surface area contributed by atoms with Gasteiger partial charge in [-0.15, -0.1) is 5.10 Å². The van der Waals surface area contributed by atoms with Gasteiger partial charge in [0.05, 0.1) is 25.3 Å². The summed E-state index contributed by atoms with van der Waals surface area (Å²) in [5.41, 5.74) is 5.97. The highest BCUT2D eigenvalue weighted by molar-refractivity contribution is 5.80. The Kier molecular flexibility index (Phi) is 5.02. The molecular formula is C22H24N6O2. The minimum absolute atomic E-state index is 0.525. The van der Waals surface area contributed by atoms with Crippen LogP contribution in [0.2, 0.25) is 0 Å². The third-order valence-electron chi connectivity index (χ3n) is 5.54. The quantitative estimate of drug-likeness (QED) is 0.505. The highest BCUT2D eigenvalue weighted by Crippen LogP contribution is 2.27. The Morgan fingerprint density at radius 3 is 2.70 bits per heavy atom. The van der Waals surface area contributed by atoms with E-state index >= 15 is 0 Å². The number of ether oxygens (including phenoxy) is 1. The summed E-state index contributed by atoms with van der Waals surface area (Å²) in [7, 11) is 0. The predicted molar refractivity (Wildman–Crippen MR) is 113 cm³/mol. The maximum absolute atomic E-state index is 5.53. The minimum Gasteiger partial charge on any atom is -0.379 e. The van der Waals surface area contributed by atoms with E-state index in [-0.39, 0.29) is 0 Å². The number of rotatable bonds is 5. The van der Waals surface area contributed by atoms with Gasteiger partial charge in [-0.05, 0) is 43.7 Å². The molecule has 154 valence electrons. The Labute approximate surface area is 174 Å². The van der Waals surface area contributed by atoms with Crippen molar-refractivity contribution in [2.45, 2.75) is 20.4 Å². The Morgan fingerprint density at radius 2 is 1.87 bits per heavy atom. The van der Waals surface area contributed by atoms with Gasteiger partial charge in [-0.25, -0.2) is 4.68 Å². The largest absolute Gasteiger partial charge is 0.379 e. The van der Waals surface area contributed by atoms with E-state index in [4.69, 9.17) is 9.26 Å². The van der Waals surface area contributed by atoms with Crippen LogP contribution in [-0.4, -0.2) is 62.9 Å². The molecule has 8 heteroatoms. The second kappa shape index (κ2) is 7.97. The Morgan fingerprint density at radius 1 is 1.00 bits per heavy atom. The molecule has 5 rings (SSSR count). The number of hydrogen-bond donors (Lipinski definition) is 0. The van der Waals surface area contributed by atoms with Crippen LogP contribution >= 0.6 is 0 Å². The van der Waals surface area contributed by atoms with E-state index in [9.17, 15) is 0 Å². The molecule has 3 heterocycles. The van der Waals surface area contributed by atoms with E-state index in [2.05, 4.69) is 38.3 Å². The average molecular weight is 404 g/mol. The zero-order valence-electron chi connectivity index (χ0n) is 17.2. The van der Waals surface area contributed by atoms with Gasteiger partial charge in [0.1, 0.15) is 5.52 Å². The Bertz CT molecular complexity index is 1180. The fourth-order valence-electron chi connectivity index (χ4n) is 3.84. The monoisotopic (exact) mass is 404 g/mol. The van der Waals surface area contributed by atoms with Gasteiger partial charge in [0.25, 0.3) is 5.89 Å².